The summed E-state index contributed by atoms with van der Waals surface area (Å²) in [4.78, 5) is 0. The second-order valence-electron chi connectivity index (χ2n) is 10.2. The molecule has 0 bridgehead atoms. The van der Waals surface area contributed by atoms with Gasteiger partial charge in [-0.2, -0.15) is 8.78 Å². The SMILES string of the molecule is C[C@]12CC[C@H]3[C@@H](CC(=C(F)F)[C@H]4CCCC[C@@]43C)[C@@H]1C1OCCOC1C2. The number of allylic oxidation sites excluding steroid dienone is 1. The monoisotopic (exact) mass is 366 g/mol. The van der Waals surface area contributed by atoms with Gasteiger partial charge in [-0.3, -0.25) is 0 Å². The summed E-state index contributed by atoms with van der Waals surface area (Å²) in [5, 5.41) is 0. The Morgan fingerprint density at radius 3 is 2.65 bits per heavy atom. The van der Waals surface area contributed by atoms with Crippen LogP contribution in [0.5, 0.6) is 0 Å². The van der Waals surface area contributed by atoms with Gasteiger partial charge in [-0.05, 0) is 78.6 Å². The van der Waals surface area contributed by atoms with Gasteiger partial charge in [0.1, 0.15) is 0 Å². The zero-order chi connectivity index (χ0) is 18.1. The highest BCUT2D eigenvalue weighted by molar-refractivity contribution is 5.23. The Morgan fingerprint density at radius 1 is 1.04 bits per heavy atom. The number of fused-ring (bicyclic) bond motifs is 7. The summed E-state index contributed by atoms with van der Waals surface area (Å²) in [5.74, 6) is 1.38. The second kappa shape index (κ2) is 6.01. The van der Waals surface area contributed by atoms with Crippen molar-refractivity contribution in [2.24, 2.45) is 34.5 Å². The van der Waals surface area contributed by atoms with Crippen molar-refractivity contribution in [2.75, 3.05) is 13.2 Å². The van der Waals surface area contributed by atoms with Gasteiger partial charge in [0.2, 0.25) is 0 Å². The summed E-state index contributed by atoms with van der Waals surface area (Å²) in [6, 6.07) is 0. The molecule has 4 saturated carbocycles. The molecule has 1 aliphatic heterocycles. The van der Waals surface area contributed by atoms with Gasteiger partial charge in [0, 0.05) is 0 Å². The molecule has 8 atom stereocenters. The van der Waals surface area contributed by atoms with E-state index in [1.807, 2.05) is 0 Å². The molecule has 26 heavy (non-hydrogen) atoms. The smallest absolute Gasteiger partial charge is 0.269 e. The molecule has 0 aromatic heterocycles. The van der Waals surface area contributed by atoms with Gasteiger partial charge in [0.05, 0.1) is 25.4 Å². The van der Waals surface area contributed by atoms with Crippen LogP contribution in [0.15, 0.2) is 11.7 Å². The number of hydrogen-bond donors (Lipinski definition) is 0. The lowest BCUT2D eigenvalue weighted by molar-refractivity contribution is -0.164. The predicted molar refractivity (Wildman–Crippen MR) is 95.8 cm³/mol. The maximum Gasteiger partial charge on any atom is 0.269 e. The van der Waals surface area contributed by atoms with Gasteiger partial charge in [0.25, 0.3) is 6.08 Å². The Labute approximate surface area is 155 Å². The highest BCUT2D eigenvalue weighted by Gasteiger charge is 2.64. The minimum Gasteiger partial charge on any atom is -0.373 e. The average molecular weight is 366 g/mol. The van der Waals surface area contributed by atoms with Crippen LogP contribution in [0.4, 0.5) is 8.78 Å². The molecule has 4 aliphatic carbocycles. The van der Waals surface area contributed by atoms with Crippen LogP contribution in [-0.2, 0) is 9.47 Å². The summed E-state index contributed by atoms with van der Waals surface area (Å²) in [7, 11) is 0. The molecule has 0 amide bonds. The van der Waals surface area contributed by atoms with Gasteiger partial charge in [-0.15, -0.1) is 0 Å². The van der Waals surface area contributed by atoms with Crippen molar-refractivity contribution in [1.29, 1.82) is 0 Å². The maximum absolute atomic E-state index is 14.0. The Hall–Kier alpha value is -0.480. The van der Waals surface area contributed by atoms with Crippen LogP contribution in [0.2, 0.25) is 0 Å². The van der Waals surface area contributed by atoms with Gasteiger partial charge >= 0.3 is 0 Å². The molecular weight excluding hydrogens is 334 g/mol. The lowest BCUT2D eigenvalue weighted by Gasteiger charge is -2.60. The van der Waals surface area contributed by atoms with E-state index in [1.54, 1.807) is 0 Å². The second-order valence-corrected chi connectivity index (χ2v) is 10.2. The molecular formula is C22H32F2O2. The van der Waals surface area contributed by atoms with Crippen molar-refractivity contribution in [2.45, 2.75) is 77.4 Å². The van der Waals surface area contributed by atoms with Crippen LogP contribution in [-0.4, -0.2) is 25.4 Å². The molecule has 0 aromatic rings. The van der Waals surface area contributed by atoms with E-state index in [0.717, 1.165) is 25.7 Å². The zero-order valence-corrected chi connectivity index (χ0v) is 16.1. The first-order valence-corrected chi connectivity index (χ1v) is 10.7. The van der Waals surface area contributed by atoms with Crippen molar-refractivity contribution in [1.82, 2.24) is 0 Å². The molecule has 0 N–H and O–H groups in total. The first-order chi connectivity index (χ1) is 12.4. The number of ether oxygens (including phenoxy) is 2. The Bertz CT molecular complexity index is 615. The highest BCUT2D eigenvalue weighted by atomic mass is 19.3. The fourth-order valence-electron chi connectivity index (χ4n) is 8.13. The highest BCUT2D eigenvalue weighted by Crippen LogP contribution is 2.68. The predicted octanol–water partition coefficient (Wildman–Crippen LogP) is 5.57. The molecule has 5 rings (SSSR count). The first kappa shape index (κ1) is 17.6. The summed E-state index contributed by atoms with van der Waals surface area (Å²) < 4.78 is 40.3. The lowest BCUT2D eigenvalue weighted by Crippen LogP contribution is -2.55. The fourth-order valence-corrected chi connectivity index (χ4v) is 8.13. The molecule has 2 nitrogen and oxygen atoms in total. The molecule has 0 spiro atoms. The zero-order valence-electron chi connectivity index (χ0n) is 16.1. The van der Waals surface area contributed by atoms with Gasteiger partial charge in [0.15, 0.2) is 0 Å². The number of halogens is 2. The Kier molecular flexibility index (Phi) is 4.07. The van der Waals surface area contributed by atoms with Crippen molar-refractivity contribution in [3.05, 3.63) is 11.7 Å². The van der Waals surface area contributed by atoms with E-state index in [0.29, 0.717) is 43.0 Å². The normalized spacial score (nSPS) is 53.3. The molecule has 0 radical (unpaired) electrons. The van der Waals surface area contributed by atoms with Crippen molar-refractivity contribution < 1.29 is 18.3 Å². The number of hydrogen-bond acceptors (Lipinski definition) is 2. The molecule has 2 unspecified atom stereocenters. The van der Waals surface area contributed by atoms with E-state index >= 15 is 0 Å². The van der Waals surface area contributed by atoms with Gasteiger partial charge < -0.3 is 9.47 Å². The van der Waals surface area contributed by atoms with Crippen LogP contribution in [0, 0.1) is 34.5 Å². The minimum atomic E-state index is -1.38. The summed E-state index contributed by atoms with van der Waals surface area (Å²) in [6.45, 7) is 6.06. The van der Waals surface area contributed by atoms with Crippen LogP contribution >= 0.6 is 0 Å². The third-order valence-electron chi connectivity index (χ3n) is 9.14. The third kappa shape index (κ3) is 2.33. The van der Waals surface area contributed by atoms with Crippen LogP contribution in [0.25, 0.3) is 0 Å². The molecule has 5 aliphatic rings. The maximum atomic E-state index is 14.0. The largest absolute Gasteiger partial charge is 0.373 e. The lowest BCUT2D eigenvalue weighted by atomic mass is 9.44. The molecule has 1 saturated heterocycles. The summed E-state index contributed by atoms with van der Waals surface area (Å²) in [6.07, 6.45) is 7.34. The first-order valence-electron chi connectivity index (χ1n) is 10.7. The topological polar surface area (TPSA) is 18.5 Å². The van der Waals surface area contributed by atoms with Crippen LogP contribution in [0.1, 0.15) is 65.2 Å². The summed E-state index contributed by atoms with van der Waals surface area (Å²) in [5.41, 5.74) is 0.740. The van der Waals surface area contributed by atoms with Crippen molar-refractivity contribution in [3.8, 4) is 0 Å². The van der Waals surface area contributed by atoms with Crippen molar-refractivity contribution >= 4 is 0 Å². The molecule has 5 fully saturated rings. The van der Waals surface area contributed by atoms with E-state index in [2.05, 4.69) is 13.8 Å². The van der Waals surface area contributed by atoms with Crippen molar-refractivity contribution in [3.63, 3.8) is 0 Å². The Balaban J connectivity index is 1.56. The quantitative estimate of drug-likeness (QED) is 0.558. The molecule has 1 heterocycles. The Morgan fingerprint density at radius 2 is 1.85 bits per heavy atom. The van der Waals surface area contributed by atoms with E-state index < -0.39 is 6.08 Å². The third-order valence-corrected chi connectivity index (χ3v) is 9.14. The molecule has 146 valence electrons. The van der Waals surface area contributed by atoms with Crippen LogP contribution < -0.4 is 0 Å². The van der Waals surface area contributed by atoms with E-state index in [9.17, 15) is 8.78 Å². The average Bonchev–Trinajstić information content (AvgIpc) is 2.92. The summed E-state index contributed by atoms with van der Waals surface area (Å²) >= 11 is 0. The standard InChI is InChI=1S/C22H32F2O2/c1-21-8-6-16-13(18(21)19-17(12-21)25-9-10-26-19)11-14(20(23)24)15-5-3-4-7-22(15,16)2/h13,15-19H,3-12H2,1-2H3/t13-,15-,16+,17?,18-,19?,21-,22+/m1/s1. The van der Waals surface area contributed by atoms with Gasteiger partial charge in [-0.25, -0.2) is 0 Å². The number of rotatable bonds is 0. The van der Waals surface area contributed by atoms with E-state index in [-0.39, 0.29) is 29.0 Å². The van der Waals surface area contributed by atoms with E-state index in [4.69, 9.17) is 9.47 Å². The molecule has 0 aromatic carbocycles. The minimum absolute atomic E-state index is 0.0505. The molecule has 4 heteroatoms. The van der Waals surface area contributed by atoms with Gasteiger partial charge in [-0.1, -0.05) is 26.7 Å². The van der Waals surface area contributed by atoms with E-state index in [1.165, 1.54) is 19.3 Å². The fraction of sp³-hybridized carbons (Fsp3) is 0.909. The van der Waals surface area contributed by atoms with Crippen LogP contribution in [0.3, 0.4) is 0 Å².